The van der Waals surface area contributed by atoms with E-state index in [9.17, 15) is 27.6 Å². The Kier molecular flexibility index (Phi) is 20.3. The third kappa shape index (κ3) is 14.5. The summed E-state index contributed by atoms with van der Waals surface area (Å²) in [6, 6.07) is 6.96. The van der Waals surface area contributed by atoms with Gasteiger partial charge < -0.3 is 38.0 Å². The predicted molar refractivity (Wildman–Crippen MR) is 224 cm³/mol. The number of alkyl halides is 3. The Balaban J connectivity index is 1.05. The number of methoxy groups -OCH3 is 1. The van der Waals surface area contributed by atoms with E-state index >= 15 is 0 Å². The number of carbonyl (C=O) groups excluding carboxylic acids is 3. The van der Waals surface area contributed by atoms with Crippen molar-refractivity contribution in [1.82, 2.24) is 0 Å². The van der Waals surface area contributed by atoms with Crippen LogP contribution in [0.1, 0.15) is 174 Å². The minimum absolute atomic E-state index is 0.000260. The van der Waals surface area contributed by atoms with Crippen LogP contribution in [0.25, 0.3) is 0 Å². The first-order valence-corrected chi connectivity index (χ1v) is 23.6. The average molecular weight is 867 g/mol. The zero-order valence-corrected chi connectivity index (χ0v) is 37.0. The van der Waals surface area contributed by atoms with Gasteiger partial charge in [0.1, 0.15) is 24.8 Å². The van der Waals surface area contributed by atoms with Gasteiger partial charge in [-0.05, 0) is 84.0 Å². The monoisotopic (exact) mass is 867 g/mol. The van der Waals surface area contributed by atoms with Crippen molar-refractivity contribution in [3.05, 3.63) is 35.9 Å². The van der Waals surface area contributed by atoms with Gasteiger partial charge in [0.15, 0.2) is 0 Å². The van der Waals surface area contributed by atoms with Crippen molar-refractivity contribution >= 4 is 17.7 Å². The van der Waals surface area contributed by atoms with Crippen molar-refractivity contribution in [2.45, 2.75) is 229 Å². The molecule has 1 aromatic rings. The van der Waals surface area contributed by atoms with Crippen molar-refractivity contribution in [1.29, 1.82) is 0 Å². The second-order valence-electron chi connectivity index (χ2n) is 18.0. The number of hydrogen-bond acceptors (Lipinski definition) is 10. The van der Waals surface area contributed by atoms with Gasteiger partial charge in [-0.15, -0.1) is 0 Å². The van der Waals surface area contributed by atoms with E-state index in [2.05, 4.69) is 6.92 Å². The van der Waals surface area contributed by atoms with Crippen LogP contribution >= 0.6 is 0 Å². The van der Waals surface area contributed by atoms with Gasteiger partial charge in [-0.25, -0.2) is 4.79 Å². The Hall–Kier alpha value is -2.58. The van der Waals surface area contributed by atoms with Gasteiger partial charge in [0.2, 0.25) is 0 Å². The fraction of sp³-hybridized carbons (Fsp3) is 0.812. The summed E-state index contributed by atoms with van der Waals surface area (Å²) in [5.41, 5.74) is -3.59. The van der Waals surface area contributed by atoms with Crippen LogP contribution in [-0.4, -0.2) is 86.6 Å². The summed E-state index contributed by atoms with van der Waals surface area (Å²) in [7, 11) is 0.895. The lowest BCUT2D eigenvalue weighted by Gasteiger charge is -2.35. The molecule has 0 saturated carbocycles. The van der Waals surface area contributed by atoms with E-state index in [1.165, 1.54) is 50.5 Å². The molecular weight excluding hydrogens is 794 g/mol. The molecule has 346 valence electrons. The second-order valence-corrected chi connectivity index (χ2v) is 18.0. The minimum Gasteiger partial charge on any atom is -0.462 e. The largest absolute Gasteiger partial charge is 0.462 e. The number of rotatable bonds is 26. The summed E-state index contributed by atoms with van der Waals surface area (Å²) in [6.07, 6.45) is 14.7. The van der Waals surface area contributed by atoms with Gasteiger partial charge in [-0.2, -0.15) is 13.2 Å². The van der Waals surface area contributed by atoms with Crippen molar-refractivity contribution in [2.75, 3.05) is 13.9 Å². The zero-order chi connectivity index (χ0) is 43.7. The van der Waals surface area contributed by atoms with Gasteiger partial charge in [-0.1, -0.05) is 108 Å². The smallest absolute Gasteiger partial charge is 0.432 e. The van der Waals surface area contributed by atoms with Gasteiger partial charge in [0, 0.05) is 19.1 Å². The zero-order valence-electron chi connectivity index (χ0n) is 37.0. The molecule has 4 aliphatic heterocycles. The Labute approximate surface area is 362 Å². The number of ketones is 1. The first kappa shape index (κ1) is 49.4. The van der Waals surface area contributed by atoms with Crippen LogP contribution < -0.4 is 0 Å². The number of esters is 2. The van der Waals surface area contributed by atoms with E-state index in [0.29, 0.717) is 38.5 Å². The van der Waals surface area contributed by atoms with E-state index in [-0.39, 0.29) is 73.1 Å². The summed E-state index contributed by atoms with van der Waals surface area (Å²) in [5.74, 6) is -1.94. The molecule has 0 amide bonds. The molecule has 61 heavy (non-hydrogen) atoms. The van der Waals surface area contributed by atoms with E-state index in [1.54, 1.807) is 6.07 Å². The molecule has 0 aromatic heterocycles. The number of ether oxygens (including phenoxy) is 7. The van der Waals surface area contributed by atoms with Crippen LogP contribution in [0.15, 0.2) is 30.3 Å². The molecule has 4 saturated heterocycles. The molecule has 4 fully saturated rings. The molecule has 10 nitrogen and oxygen atoms in total. The number of unbranched alkanes of at least 4 members (excludes halogenated alkanes) is 11. The first-order valence-electron chi connectivity index (χ1n) is 23.6. The molecule has 0 N–H and O–H groups in total. The molecule has 0 spiro atoms. The lowest BCUT2D eigenvalue weighted by Crippen LogP contribution is -2.53. The Bertz CT molecular complexity index is 1460. The number of Topliss-reactive ketones (excluding diaryl/α,β-unsaturated/α-hetero) is 1. The summed E-state index contributed by atoms with van der Waals surface area (Å²) in [5, 5.41) is 0. The standard InChI is InChI=1S/C48H73F3O10/c1-4-5-6-7-8-9-13-19-24-41(61-46(54)47(55-3,48(49,50)51)36-20-15-14-16-21-36)44-30-29-43(60-44)40-28-27-39(56-33-57-40)42-26-25-37(58-42)22-17-11-10-12-18-23-38-32-35(31-34(2)52)45(53)59-38/h14-16,20-21,35,37-44H,4-13,17-19,22-33H2,1-3H3/t35-,37+,38+,39-,40+,41+,42-,43+,44+,47-/m0/s1. The van der Waals surface area contributed by atoms with Crippen LogP contribution in [0.2, 0.25) is 0 Å². The minimum atomic E-state index is -5.06. The normalized spacial score (nSPS) is 28.6. The molecule has 13 heteroatoms. The first-order chi connectivity index (χ1) is 29.4. The number of carbonyl (C=O) groups is 3. The lowest BCUT2D eigenvalue weighted by atomic mass is 9.92. The van der Waals surface area contributed by atoms with Crippen LogP contribution in [0, 0.1) is 5.92 Å². The van der Waals surface area contributed by atoms with Gasteiger partial charge in [0.05, 0.1) is 42.5 Å². The number of cyclic esters (lactones) is 1. The molecule has 0 aliphatic carbocycles. The maximum Gasteiger partial charge on any atom is 0.432 e. The highest BCUT2D eigenvalue weighted by molar-refractivity contribution is 5.84. The lowest BCUT2D eigenvalue weighted by molar-refractivity contribution is -0.280. The van der Waals surface area contributed by atoms with Crippen molar-refractivity contribution < 1.29 is 60.7 Å². The number of benzene rings is 1. The van der Waals surface area contributed by atoms with Gasteiger partial charge in [0.25, 0.3) is 5.60 Å². The van der Waals surface area contributed by atoms with Gasteiger partial charge in [-0.3, -0.25) is 4.79 Å². The molecular formula is C48H73F3O10. The second kappa shape index (κ2) is 25.1. The molecule has 4 aliphatic rings. The van der Waals surface area contributed by atoms with Crippen LogP contribution in [0.5, 0.6) is 0 Å². The quantitative estimate of drug-likeness (QED) is 0.0658. The topological polar surface area (TPSA) is 116 Å². The third-order valence-electron chi connectivity index (χ3n) is 13.3. The van der Waals surface area contributed by atoms with Crippen molar-refractivity contribution in [3.8, 4) is 0 Å². The Morgan fingerprint density at radius 3 is 1.93 bits per heavy atom. The van der Waals surface area contributed by atoms with E-state index in [4.69, 9.17) is 33.2 Å². The molecule has 5 rings (SSSR count). The number of hydrogen-bond donors (Lipinski definition) is 0. The van der Waals surface area contributed by atoms with Gasteiger partial charge >= 0.3 is 18.1 Å². The summed E-state index contributed by atoms with van der Waals surface area (Å²) in [4.78, 5) is 37.1. The summed E-state index contributed by atoms with van der Waals surface area (Å²) >= 11 is 0. The number of halogens is 3. The van der Waals surface area contributed by atoms with Crippen LogP contribution in [-0.2, 0) is 53.1 Å². The van der Waals surface area contributed by atoms with Crippen molar-refractivity contribution in [2.24, 2.45) is 5.92 Å². The highest BCUT2D eigenvalue weighted by atomic mass is 19.4. The average Bonchev–Trinajstić information content (AvgIpc) is 3.95. The Morgan fingerprint density at radius 2 is 1.31 bits per heavy atom. The maximum atomic E-state index is 14.8. The highest BCUT2D eigenvalue weighted by Crippen LogP contribution is 2.44. The molecule has 10 atom stereocenters. The predicted octanol–water partition coefficient (Wildman–Crippen LogP) is 10.8. The van der Waals surface area contributed by atoms with Crippen LogP contribution in [0.4, 0.5) is 13.2 Å². The molecule has 0 bridgehead atoms. The summed E-state index contributed by atoms with van der Waals surface area (Å²) in [6.45, 7) is 3.81. The Morgan fingerprint density at radius 1 is 0.738 bits per heavy atom. The third-order valence-corrected chi connectivity index (χ3v) is 13.3. The van der Waals surface area contributed by atoms with E-state index in [0.717, 1.165) is 97.0 Å². The van der Waals surface area contributed by atoms with Crippen LogP contribution in [0.3, 0.4) is 0 Å². The molecule has 1 aromatic carbocycles. The van der Waals surface area contributed by atoms with E-state index in [1.807, 2.05) is 0 Å². The molecule has 0 unspecified atom stereocenters. The SMILES string of the molecule is CCCCCCCCCC[C@@H](OC(=O)[C@@](OC)(c1ccccc1)C(F)(F)F)[C@H]1CC[C@H]([C@H]2CC[C@@H]([C@@H]3CC[C@@H](CCCCCCC[C@@H]4C[C@H](CC(C)=O)C(=O)O4)O3)OCO2)O1. The summed E-state index contributed by atoms with van der Waals surface area (Å²) < 4.78 is 86.2. The molecule has 0 radical (unpaired) electrons. The highest BCUT2D eigenvalue weighted by Gasteiger charge is 2.64. The molecule has 4 heterocycles. The maximum absolute atomic E-state index is 14.8. The fourth-order valence-electron chi connectivity index (χ4n) is 9.85. The van der Waals surface area contributed by atoms with E-state index < -0.39 is 30.0 Å². The fourth-order valence-corrected chi connectivity index (χ4v) is 9.85. The van der Waals surface area contributed by atoms with Crippen molar-refractivity contribution in [3.63, 3.8) is 0 Å².